The normalized spacial score (nSPS) is 11.8. The molecule has 0 unspecified atom stereocenters. The van der Waals surface area contributed by atoms with E-state index in [2.05, 4.69) is 26.8 Å². The minimum Gasteiger partial charge on any atom is -0.471 e. The minimum absolute atomic E-state index is 0.0964. The third-order valence-corrected chi connectivity index (χ3v) is 5.11. The minimum atomic E-state index is -0.591. The summed E-state index contributed by atoms with van der Waals surface area (Å²) in [5.41, 5.74) is 1.98. The van der Waals surface area contributed by atoms with Crippen molar-refractivity contribution >= 4 is 29.0 Å². The molecular formula is C27H33N5O4. The van der Waals surface area contributed by atoms with Crippen molar-refractivity contribution in [1.29, 1.82) is 0 Å². The molecule has 36 heavy (non-hydrogen) atoms. The van der Waals surface area contributed by atoms with Gasteiger partial charge < -0.3 is 14.0 Å². The van der Waals surface area contributed by atoms with E-state index in [0.29, 0.717) is 22.5 Å². The lowest BCUT2D eigenvalue weighted by atomic mass is 9.97. The van der Waals surface area contributed by atoms with Crippen LogP contribution in [-0.4, -0.2) is 31.4 Å². The molecular weight excluding hydrogens is 458 g/mol. The quantitative estimate of drug-likeness (QED) is 0.243. The number of hydrogen-bond donors (Lipinski definition) is 1. The molecule has 2 heterocycles. The monoisotopic (exact) mass is 491 g/mol. The van der Waals surface area contributed by atoms with Gasteiger partial charge in [-0.25, -0.2) is 4.98 Å². The molecule has 0 saturated carbocycles. The highest BCUT2D eigenvalue weighted by Gasteiger charge is 2.23. The third-order valence-electron chi connectivity index (χ3n) is 5.11. The van der Waals surface area contributed by atoms with Gasteiger partial charge in [-0.2, -0.15) is 9.97 Å². The average molecular weight is 492 g/mol. The van der Waals surface area contributed by atoms with Gasteiger partial charge in [0.05, 0.1) is 18.2 Å². The Balaban J connectivity index is 1.80. The summed E-state index contributed by atoms with van der Waals surface area (Å²) in [4.78, 5) is 37.9. The van der Waals surface area contributed by atoms with E-state index in [1.54, 1.807) is 45.3 Å². The van der Waals surface area contributed by atoms with E-state index < -0.39 is 5.41 Å². The Morgan fingerprint density at radius 1 is 1.17 bits per heavy atom. The van der Waals surface area contributed by atoms with Crippen molar-refractivity contribution in [3.05, 3.63) is 60.5 Å². The number of nitrogens with one attached hydrogen (secondary N) is 1. The van der Waals surface area contributed by atoms with Gasteiger partial charge in [-0.3, -0.25) is 14.9 Å². The van der Waals surface area contributed by atoms with Gasteiger partial charge in [-0.15, -0.1) is 0 Å². The summed E-state index contributed by atoms with van der Waals surface area (Å²) in [7, 11) is 0. The lowest BCUT2D eigenvalue weighted by Crippen LogP contribution is -2.25. The Morgan fingerprint density at radius 2 is 1.86 bits per heavy atom. The van der Waals surface area contributed by atoms with Crippen LogP contribution in [0.5, 0.6) is 11.6 Å². The van der Waals surface area contributed by atoms with Crippen LogP contribution in [0, 0.1) is 5.41 Å². The molecule has 0 spiro atoms. The number of allylic oxidation sites excluding steroid dienone is 2. The number of esters is 1. The first-order valence-corrected chi connectivity index (χ1v) is 11.8. The number of imidazole rings is 1. The number of amides is 1. The molecule has 3 aromatic rings. The molecule has 190 valence electrons. The molecule has 0 bridgehead atoms. The van der Waals surface area contributed by atoms with E-state index in [-0.39, 0.29) is 42.8 Å². The zero-order valence-electron chi connectivity index (χ0n) is 21.7. The van der Waals surface area contributed by atoms with Crippen molar-refractivity contribution in [2.45, 2.75) is 60.6 Å². The van der Waals surface area contributed by atoms with Crippen LogP contribution in [0.3, 0.4) is 0 Å². The van der Waals surface area contributed by atoms with Crippen molar-refractivity contribution in [3.63, 3.8) is 0 Å². The van der Waals surface area contributed by atoms with Gasteiger partial charge in [-0.05, 0) is 64.8 Å². The average Bonchev–Trinajstić information content (AvgIpc) is 3.22. The van der Waals surface area contributed by atoms with Gasteiger partial charge in [0.15, 0.2) is 11.2 Å². The second-order valence-corrected chi connectivity index (χ2v) is 9.73. The first-order chi connectivity index (χ1) is 17.0. The fourth-order valence-electron chi connectivity index (χ4n) is 3.16. The van der Waals surface area contributed by atoms with Crippen LogP contribution < -0.4 is 14.8 Å². The number of benzene rings is 1. The molecule has 0 aliphatic carbocycles. The highest BCUT2D eigenvalue weighted by atomic mass is 16.5. The Kier molecular flexibility index (Phi) is 8.24. The molecule has 0 aliphatic rings. The standard InChI is InChI=1S/C27H33N5O4/c1-8-9-18(4)14-21(33)29-26-30-23-22(28-16-32(23)17(2)3)24(31-26)35-15-19-10-12-20(13-11-19)36-25(34)27(5,6)7/h8-13,16-17H,4,14-15H2,1-3,5-7H3,(H,29,30,31,33)/b9-8-. The number of carbonyl (C=O) groups is 2. The van der Waals surface area contributed by atoms with Crippen LogP contribution in [-0.2, 0) is 16.2 Å². The first kappa shape index (κ1) is 26.6. The Morgan fingerprint density at radius 3 is 2.47 bits per heavy atom. The highest BCUT2D eigenvalue weighted by Crippen LogP contribution is 2.26. The molecule has 9 heteroatoms. The van der Waals surface area contributed by atoms with Crippen LogP contribution in [0.2, 0.25) is 0 Å². The molecule has 0 radical (unpaired) electrons. The number of hydrogen-bond acceptors (Lipinski definition) is 7. The lowest BCUT2D eigenvalue weighted by Gasteiger charge is -2.16. The van der Waals surface area contributed by atoms with Crippen LogP contribution in [0.1, 0.15) is 59.6 Å². The largest absolute Gasteiger partial charge is 0.471 e. The summed E-state index contributed by atoms with van der Waals surface area (Å²) in [5, 5.41) is 2.73. The maximum Gasteiger partial charge on any atom is 0.316 e. The number of fused-ring (bicyclic) bond motifs is 1. The summed E-state index contributed by atoms with van der Waals surface area (Å²) in [6.07, 6.45) is 5.40. The van der Waals surface area contributed by atoms with Crippen molar-refractivity contribution in [2.75, 3.05) is 5.32 Å². The van der Waals surface area contributed by atoms with Crippen molar-refractivity contribution in [2.24, 2.45) is 5.41 Å². The fourth-order valence-corrected chi connectivity index (χ4v) is 3.16. The Labute approximate surface area is 211 Å². The second-order valence-electron chi connectivity index (χ2n) is 9.73. The zero-order valence-corrected chi connectivity index (χ0v) is 21.7. The molecule has 0 fully saturated rings. The summed E-state index contributed by atoms with van der Waals surface area (Å²) in [5.74, 6) is 0.259. The molecule has 1 amide bonds. The van der Waals surface area contributed by atoms with Gasteiger partial charge in [-0.1, -0.05) is 30.9 Å². The fraction of sp³-hybridized carbons (Fsp3) is 0.370. The maximum atomic E-state index is 12.5. The predicted molar refractivity (Wildman–Crippen MR) is 139 cm³/mol. The Bertz CT molecular complexity index is 1280. The summed E-state index contributed by atoms with van der Waals surface area (Å²) >= 11 is 0. The number of nitrogens with zero attached hydrogens (tertiary/aromatic N) is 4. The molecule has 0 aliphatic heterocycles. The number of rotatable bonds is 9. The van der Waals surface area contributed by atoms with Crippen LogP contribution >= 0.6 is 0 Å². The topological polar surface area (TPSA) is 108 Å². The molecule has 1 N–H and O–H groups in total. The van der Waals surface area contributed by atoms with Gasteiger partial charge in [0, 0.05) is 6.04 Å². The van der Waals surface area contributed by atoms with Crippen molar-refractivity contribution in [3.8, 4) is 11.6 Å². The van der Waals surface area contributed by atoms with Crippen molar-refractivity contribution < 1.29 is 19.1 Å². The van der Waals surface area contributed by atoms with Gasteiger partial charge in [0.25, 0.3) is 0 Å². The zero-order chi connectivity index (χ0) is 26.5. The van der Waals surface area contributed by atoms with Crippen molar-refractivity contribution in [1.82, 2.24) is 19.5 Å². The van der Waals surface area contributed by atoms with Gasteiger partial charge >= 0.3 is 5.97 Å². The lowest BCUT2D eigenvalue weighted by molar-refractivity contribution is -0.143. The SMILES string of the molecule is C=C(/C=C\C)CC(=O)Nc1nc(OCc2ccc(OC(=O)C(C)(C)C)cc2)c2ncn(C(C)C)c2n1. The highest BCUT2D eigenvalue weighted by molar-refractivity contribution is 5.92. The predicted octanol–water partition coefficient (Wildman–Crippen LogP) is 5.40. The smallest absolute Gasteiger partial charge is 0.316 e. The molecule has 0 saturated heterocycles. The van der Waals surface area contributed by atoms with E-state index in [0.717, 1.165) is 5.56 Å². The summed E-state index contributed by atoms with van der Waals surface area (Å²) < 4.78 is 13.3. The summed E-state index contributed by atoms with van der Waals surface area (Å²) in [6, 6.07) is 7.15. The van der Waals surface area contributed by atoms with E-state index in [9.17, 15) is 9.59 Å². The number of ether oxygens (including phenoxy) is 2. The van der Waals surface area contributed by atoms with E-state index in [4.69, 9.17) is 9.47 Å². The van der Waals surface area contributed by atoms with E-state index in [1.807, 2.05) is 43.5 Å². The number of anilines is 1. The molecule has 1 aromatic carbocycles. The van der Waals surface area contributed by atoms with Crippen LogP contribution in [0.25, 0.3) is 11.2 Å². The van der Waals surface area contributed by atoms with Gasteiger partial charge in [0.1, 0.15) is 12.4 Å². The van der Waals surface area contributed by atoms with E-state index >= 15 is 0 Å². The molecule has 2 aromatic heterocycles. The van der Waals surface area contributed by atoms with E-state index in [1.165, 1.54) is 0 Å². The second kappa shape index (κ2) is 11.2. The first-order valence-electron chi connectivity index (χ1n) is 11.8. The molecule has 0 atom stereocenters. The number of aromatic nitrogens is 4. The Hall–Kier alpha value is -4.01. The molecule has 9 nitrogen and oxygen atoms in total. The third kappa shape index (κ3) is 6.78. The molecule has 3 rings (SSSR count). The van der Waals surface area contributed by atoms with Crippen LogP contribution in [0.4, 0.5) is 5.95 Å². The summed E-state index contributed by atoms with van der Waals surface area (Å²) in [6.45, 7) is 15.3. The van der Waals surface area contributed by atoms with Gasteiger partial charge in [0.2, 0.25) is 17.7 Å². The van der Waals surface area contributed by atoms with Crippen LogP contribution in [0.15, 0.2) is 54.9 Å². The number of carbonyl (C=O) groups excluding carboxylic acids is 2. The maximum absolute atomic E-state index is 12.5.